The normalized spacial score (nSPS) is 25.4. The number of aromatic nitrogens is 2. The lowest BCUT2D eigenvalue weighted by Gasteiger charge is -2.58. The summed E-state index contributed by atoms with van der Waals surface area (Å²) in [4.78, 5) is 37.2. The monoisotopic (exact) mass is 974 g/mol. The number of nitro groups is 1. The molecule has 2 aromatic heterocycles. The summed E-state index contributed by atoms with van der Waals surface area (Å²) in [6.07, 6.45) is 9.59. The van der Waals surface area contributed by atoms with Gasteiger partial charge in [0.2, 0.25) is 0 Å². The van der Waals surface area contributed by atoms with E-state index in [1.54, 1.807) is 19.1 Å². The number of nitriles is 1. The number of rotatable bonds is 12. The van der Waals surface area contributed by atoms with E-state index >= 15 is 0 Å². The maximum atomic E-state index is 14.7. The van der Waals surface area contributed by atoms with Crippen molar-refractivity contribution in [1.29, 1.82) is 5.26 Å². The molecule has 5 aliphatic rings. The fourth-order valence-electron chi connectivity index (χ4n) is 12.1. The molecule has 2 aliphatic carbocycles. The van der Waals surface area contributed by atoms with E-state index in [1.165, 1.54) is 35.7 Å². The quantitative estimate of drug-likeness (QED) is 0.0679. The molecule has 16 nitrogen and oxygen atoms in total. The van der Waals surface area contributed by atoms with Crippen molar-refractivity contribution in [1.82, 2.24) is 19.6 Å². The largest absolute Gasteiger partial charge is 0.489 e. The van der Waals surface area contributed by atoms with E-state index in [4.69, 9.17) is 9.47 Å². The number of likely N-dealkylation sites (tertiary alicyclic amines) is 1. The van der Waals surface area contributed by atoms with Crippen LogP contribution in [-0.2, 0) is 10.0 Å². The van der Waals surface area contributed by atoms with Crippen LogP contribution in [0, 0.1) is 44.5 Å². The van der Waals surface area contributed by atoms with Crippen LogP contribution in [0.5, 0.6) is 17.2 Å². The molecule has 4 N–H and O–H groups in total. The van der Waals surface area contributed by atoms with Gasteiger partial charge in [0.1, 0.15) is 29.6 Å². The average Bonchev–Trinajstić information content (AvgIpc) is 3.92. The van der Waals surface area contributed by atoms with Gasteiger partial charge in [0.05, 0.1) is 44.7 Å². The number of benzene rings is 3. The minimum atomic E-state index is -4.74. The predicted octanol–water partition coefficient (Wildman–Crippen LogP) is 9.14. The van der Waals surface area contributed by atoms with E-state index in [0.717, 1.165) is 69.7 Å². The predicted molar refractivity (Wildman–Crippen MR) is 261 cm³/mol. The van der Waals surface area contributed by atoms with Gasteiger partial charge in [0.25, 0.3) is 21.6 Å². The Morgan fingerprint density at radius 3 is 2.57 bits per heavy atom. The van der Waals surface area contributed by atoms with Gasteiger partial charge >= 0.3 is 0 Å². The first-order chi connectivity index (χ1) is 33.5. The van der Waals surface area contributed by atoms with Crippen LogP contribution in [0.2, 0.25) is 0 Å². The minimum Gasteiger partial charge on any atom is -0.489 e. The molecule has 2 saturated heterocycles. The zero-order chi connectivity index (χ0) is 49.1. The number of H-pyrrole nitrogens is 1. The van der Waals surface area contributed by atoms with Crippen molar-refractivity contribution in [2.75, 3.05) is 43.0 Å². The molecule has 3 aromatic carbocycles. The third-order valence-electron chi connectivity index (χ3n) is 15.9. The van der Waals surface area contributed by atoms with Crippen LogP contribution in [0.1, 0.15) is 112 Å². The maximum Gasteiger partial charge on any atom is 0.297 e. The molecule has 0 radical (unpaired) electrons. The zero-order valence-electron chi connectivity index (χ0n) is 39.6. The number of fused-ring (bicyclic) bond motifs is 2. The minimum absolute atomic E-state index is 0.00545. The summed E-state index contributed by atoms with van der Waals surface area (Å²) in [7, 11) is -4.74. The third kappa shape index (κ3) is 9.14. The smallest absolute Gasteiger partial charge is 0.297 e. The van der Waals surface area contributed by atoms with E-state index in [1.807, 2.05) is 0 Å². The Bertz CT molecular complexity index is 2980. The molecule has 368 valence electrons. The van der Waals surface area contributed by atoms with Crippen molar-refractivity contribution in [3.8, 4) is 23.3 Å². The molecule has 5 aromatic rings. The molecule has 5 heterocycles. The molecule has 4 atom stereocenters. The van der Waals surface area contributed by atoms with Crippen molar-refractivity contribution in [3.63, 3.8) is 0 Å². The van der Waals surface area contributed by atoms with Gasteiger partial charge < -0.3 is 29.8 Å². The standard InChI is InChI=1S/C52H59FN8O8S/c1-31(2)37-6-4-5-7-38(37)39-10-8-33(14-19-54)48(39)60-29-52(30-60)17-20-59(21-18-52)34-9-11-40(45(22-34)69-35-23-41-42(53)27-56-49(41)55-26-35)50(62)58-70(66,67)36-24-44(61(64)65)47-46(25-36)68-28-43(57-47)32-12-15-51(3,63)16-13-32/h4-7,9,11,22-27,31-33,39,43,48,57,63H,8,10,12-18,20-21,28-30H2,1-3H3,(H,55,56)(H,58,62)/t32-,33-,39+,43-,48?,51-/m1/s1. The number of piperidine rings is 1. The highest BCUT2D eigenvalue weighted by Crippen LogP contribution is 2.52. The Balaban J connectivity index is 0.870. The molecule has 18 heteroatoms. The van der Waals surface area contributed by atoms with Crippen molar-refractivity contribution < 1.29 is 37.1 Å². The van der Waals surface area contributed by atoms with Crippen molar-refractivity contribution >= 4 is 44.0 Å². The highest BCUT2D eigenvalue weighted by Gasteiger charge is 2.52. The lowest BCUT2D eigenvalue weighted by molar-refractivity contribution is -0.384. The summed E-state index contributed by atoms with van der Waals surface area (Å²) in [5.41, 5.74) is 2.56. The number of halogens is 1. The molecule has 2 saturated carbocycles. The van der Waals surface area contributed by atoms with Crippen LogP contribution in [0.15, 0.2) is 78.0 Å². The molecular weight excluding hydrogens is 916 g/mol. The zero-order valence-corrected chi connectivity index (χ0v) is 40.4. The Kier molecular flexibility index (Phi) is 12.5. The summed E-state index contributed by atoms with van der Waals surface area (Å²) in [6, 6.07) is 19.7. The van der Waals surface area contributed by atoms with Gasteiger partial charge in [-0.15, -0.1) is 0 Å². The number of nitrogens with zero attached hydrogens (tertiary/aromatic N) is 5. The second kappa shape index (κ2) is 18.5. The number of nitrogens with one attached hydrogen (secondary N) is 3. The number of aromatic amines is 1. The fraction of sp³-hybridized carbons (Fsp3) is 0.481. The number of sulfonamides is 1. The van der Waals surface area contributed by atoms with Crippen molar-refractivity contribution in [2.24, 2.45) is 17.3 Å². The molecule has 1 amide bonds. The molecule has 4 fully saturated rings. The number of hydrogen-bond acceptors (Lipinski definition) is 13. The lowest BCUT2D eigenvalue weighted by atomic mass is 9.69. The highest BCUT2D eigenvalue weighted by atomic mass is 32.2. The van der Waals surface area contributed by atoms with E-state index in [9.17, 15) is 38.1 Å². The molecule has 1 unspecified atom stereocenters. The summed E-state index contributed by atoms with van der Waals surface area (Å²) >= 11 is 0. The topological polar surface area (TPSA) is 216 Å². The van der Waals surface area contributed by atoms with Gasteiger partial charge in [-0.1, -0.05) is 38.1 Å². The lowest BCUT2D eigenvalue weighted by Crippen LogP contribution is -2.64. The first kappa shape index (κ1) is 47.4. The second-order valence-electron chi connectivity index (χ2n) is 20.9. The van der Waals surface area contributed by atoms with Gasteiger partial charge in [0, 0.05) is 74.6 Å². The summed E-state index contributed by atoms with van der Waals surface area (Å²) in [6.45, 7) is 9.77. The Labute approximate surface area is 406 Å². The SMILES string of the molecule is CC(C)c1ccccc1[C@@H]1CC[C@H](CC#N)C1N1CC2(CCN(c3ccc(C(=O)NS(=O)(=O)c4cc5c(c([N+](=O)[O-])c4)N[C@@H]([C@H]4CC[C@](C)(O)CC4)CO5)c(Oc4cnc5[nH]cc(F)c5c4)c3)CC2)C1. The van der Waals surface area contributed by atoms with Crippen LogP contribution >= 0.6 is 0 Å². The maximum absolute atomic E-state index is 14.7. The van der Waals surface area contributed by atoms with Crippen LogP contribution in [0.4, 0.5) is 21.5 Å². The Morgan fingerprint density at radius 1 is 1.09 bits per heavy atom. The molecule has 70 heavy (non-hydrogen) atoms. The summed E-state index contributed by atoms with van der Waals surface area (Å²) in [5, 5.41) is 36.1. The number of amides is 1. The second-order valence-corrected chi connectivity index (χ2v) is 22.5. The van der Waals surface area contributed by atoms with Crippen molar-refractivity contribution in [3.05, 3.63) is 106 Å². The van der Waals surface area contributed by atoms with Gasteiger partial charge in [-0.05, 0) is 111 Å². The van der Waals surface area contributed by atoms with Crippen LogP contribution in [0.3, 0.4) is 0 Å². The number of carbonyl (C=O) groups excluding carboxylic acids is 1. The number of pyridine rings is 1. The van der Waals surface area contributed by atoms with E-state index in [-0.39, 0.29) is 57.9 Å². The summed E-state index contributed by atoms with van der Waals surface area (Å²) < 4.78 is 57.0. The van der Waals surface area contributed by atoms with E-state index in [0.29, 0.717) is 61.5 Å². The number of nitro benzene ring substituents is 1. The van der Waals surface area contributed by atoms with E-state index < -0.39 is 42.9 Å². The number of aliphatic hydroxyl groups is 1. The van der Waals surface area contributed by atoms with Gasteiger partial charge in [-0.2, -0.15) is 5.26 Å². The number of hydrogen-bond donors (Lipinski definition) is 4. The van der Waals surface area contributed by atoms with Crippen LogP contribution in [-0.4, -0.2) is 89.7 Å². The Morgan fingerprint density at radius 2 is 1.84 bits per heavy atom. The first-order valence-electron chi connectivity index (χ1n) is 24.4. The molecule has 10 rings (SSSR count). The average molecular weight is 975 g/mol. The van der Waals surface area contributed by atoms with Crippen LogP contribution in [0.25, 0.3) is 11.0 Å². The first-order valence-corrected chi connectivity index (χ1v) is 25.9. The van der Waals surface area contributed by atoms with Crippen molar-refractivity contribution in [2.45, 2.75) is 113 Å². The molecule has 3 aliphatic heterocycles. The summed E-state index contributed by atoms with van der Waals surface area (Å²) in [5.74, 6) is -0.350. The highest BCUT2D eigenvalue weighted by molar-refractivity contribution is 7.90. The van der Waals surface area contributed by atoms with Gasteiger partial charge in [-0.25, -0.2) is 22.5 Å². The van der Waals surface area contributed by atoms with Crippen LogP contribution < -0.4 is 24.4 Å². The molecular formula is C52H59FN8O8S. The molecule has 1 spiro atoms. The van der Waals surface area contributed by atoms with E-state index in [2.05, 4.69) is 74.0 Å². The number of carbonyl (C=O) groups is 1. The van der Waals surface area contributed by atoms with Gasteiger partial charge in [-0.3, -0.25) is 19.8 Å². The number of anilines is 2. The number of ether oxygens (including phenoxy) is 2. The molecule has 0 bridgehead atoms. The fourth-order valence-corrected chi connectivity index (χ4v) is 13.1. The Hall–Kier alpha value is -6.29. The van der Waals surface area contributed by atoms with Gasteiger partial charge in [0.15, 0.2) is 11.4 Å². The third-order valence-corrected chi connectivity index (χ3v) is 17.2.